The maximum atomic E-state index is 11.2. The Bertz CT molecular complexity index is 549. The van der Waals surface area contributed by atoms with Crippen LogP contribution in [-0.2, 0) is 14.4 Å². The second kappa shape index (κ2) is 22.6. The van der Waals surface area contributed by atoms with Crippen LogP contribution in [0.15, 0.2) is 12.2 Å². The lowest BCUT2D eigenvalue weighted by Crippen LogP contribution is -2.59. The standard InChI is InChI=1S/C28H51NO6/c1-2-3-4-5-6-7-8-9-10-11-12-13-14-15-16-17-18-19-20-21-22-29(23-26(30)31,24-27(32)33)25-28(34)35/h7-8H,2-6,9-25H2,1H3,(H2-,30,31,32,33,34,35)/b8-7+. The van der Waals surface area contributed by atoms with Gasteiger partial charge in [-0.15, -0.1) is 0 Å². The highest BCUT2D eigenvalue weighted by Crippen LogP contribution is 2.15. The fourth-order valence-electron chi connectivity index (χ4n) is 4.65. The van der Waals surface area contributed by atoms with Gasteiger partial charge in [0.05, 0.1) is 12.5 Å². The van der Waals surface area contributed by atoms with Crippen LogP contribution in [-0.4, -0.2) is 58.8 Å². The Morgan fingerprint density at radius 2 is 0.971 bits per heavy atom. The molecule has 0 atom stereocenters. The smallest absolute Gasteiger partial charge is 0.359 e. The third-order valence-corrected chi connectivity index (χ3v) is 6.55. The van der Waals surface area contributed by atoms with Crippen LogP contribution in [0.5, 0.6) is 0 Å². The fourth-order valence-corrected chi connectivity index (χ4v) is 4.65. The lowest BCUT2D eigenvalue weighted by molar-refractivity contribution is -0.909. The SMILES string of the molecule is CCCCCC/C=C/CCCCCCCCCCCCCC[N+](CC(=O)[O-])(CC(=O)O)CC(=O)O. The molecule has 7 heteroatoms. The summed E-state index contributed by atoms with van der Waals surface area (Å²) in [5, 5.41) is 29.3. The fraction of sp³-hybridized carbons (Fsp3) is 0.821. The topological polar surface area (TPSA) is 115 Å². The Balaban J connectivity index is 3.71. The van der Waals surface area contributed by atoms with Crippen LogP contribution in [0.3, 0.4) is 0 Å². The second-order valence-corrected chi connectivity index (χ2v) is 10.1. The van der Waals surface area contributed by atoms with Crippen molar-refractivity contribution in [3.8, 4) is 0 Å². The van der Waals surface area contributed by atoms with Crippen LogP contribution in [0.25, 0.3) is 0 Å². The predicted octanol–water partition coefficient (Wildman–Crippen LogP) is 5.32. The van der Waals surface area contributed by atoms with Crippen molar-refractivity contribution in [1.82, 2.24) is 0 Å². The molecule has 0 saturated heterocycles. The zero-order chi connectivity index (χ0) is 26.2. The average molecular weight is 498 g/mol. The number of hydrogen-bond donors (Lipinski definition) is 2. The quantitative estimate of drug-likeness (QED) is 0.0949. The Kier molecular flexibility index (Phi) is 21.3. The highest BCUT2D eigenvalue weighted by molar-refractivity contribution is 5.72. The highest BCUT2D eigenvalue weighted by Gasteiger charge is 2.33. The van der Waals surface area contributed by atoms with Gasteiger partial charge in [-0.25, -0.2) is 9.59 Å². The van der Waals surface area contributed by atoms with Crippen LogP contribution in [0.1, 0.15) is 122 Å². The van der Waals surface area contributed by atoms with E-state index in [1.165, 1.54) is 89.9 Å². The molecule has 7 nitrogen and oxygen atoms in total. The molecule has 0 heterocycles. The number of unbranched alkanes of at least 4 members (excludes halogenated alkanes) is 16. The molecule has 0 aromatic rings. The minimum atomic E-state index is -1.42. The van der Waals surface area contributed by atoms with Crippen molar-refractivity contribution < 1.29 is 34.2 Å². The summed E-state index contributed by atoms with van der Waals surface area (Å²) < 4.78 is -0.498. The Morgan fingerprint density at radius 3 is 1.34 bits per heavy atom. The average Bonchev–Trinajstić information content (AvgIpc) is 2.76. The molecule has 0 spiro atoms. The maximum absolute atomic E-state index is 11.2. The lowest BCUT2D eigenvalue weighted by Gasteiger charge is -2.36. The summed E-state index contributed by atoms with van der Waals surface area (Å²) >= 11 is 0. The van der Waals surface area contributed by atoms with E-state index in [0.29, 0.717) is 6.42 Å². The number of carboxylic acid groups (broad SMARTS) is 3. The third-order valence-electron chi connectivity index (χ3n) is 6.55. The van der Waals surface area contributed by atoms with E-state index in [4.69, 9.17) is 10.2 Å². The number of hydrogen-bond acceptors (Lipinski definition) is 4. The molecule has 0 aliphatic heterocycles. The van der Waals surface area contributed by atoms with Crippen molar-refractivity contribution in [2.24, 2.45) is 0 Å². The van der Waals surface area contributed by atoms with Gasteiger partial charge in [-0.1, -0.05) is 96.1 Å². The molecule has 0 aliphatic rings. The molecule has 0 amide bonds. The van der Waals surface area contributed by atoms with Crippen molar-refractivity contribution >= 4 is 17.9 Å². The van der Waals surface area contributed by atoms with Gasteiger partial charge in [-0.05, 0) is 38.5 Å². The van der Waals surface area contributed by atoms with E-state index in [9.17, 15) is 19.5 Å². The zero-order valence-corrected chi connectivity index (χ0v) is 22.2. The number of allylic oxidation sites excluding steroid dienone is 2. The van der Waals surface area contributed by atoms with Gasteiger partial charge in [0.25, 0.3) is 0 Å². The van der Waals surface area contributed by atoms with Gasteiger partial charge >= 0.3 is 11.9 Å². The van der Waals surface area contributed by atoms with E-state index in [-0.39, 0.29) is 6.54 Å². The molecular weight excluding hydrogens is 446 g/mol. The molecule has 0 radical (unpaired) electrons. The summed E-state index contributed by atoms with van der Waals surface area (Å²) in [6, 6.07) is 0. The normalized spacial score (nSPS) is 11.8. The Labute approximate surface area is 213 Å². The van der Waals surface area contributed by atoms with Gasteiger partial charge < -0.3 is 24.6 Å². The summed E-state index contributed by atoms with van der Waals surface area (Å²) in [5.74, 6) is -3.81. The molecule has 0 rings (SSSR count). The van der Waals surface area contributed by atoms with Gasteiger partial charge in [-0.2, -0.15) is 0 Å². The summed E-state index contributed by atoms with van der Waals surface area (Å²) in [6.07, 6.45) is 26.3. The van der Waals surface area contributed by atoms with Crippen LogP contribution in [0.4, 0.5) is 0 Å². The summed E-state index contributed by atoms with van der Waals surface area (Å²) in [7, 11) is 0. The molecule has 0 aromatic carbocycles. The molecule has 204 valence electrons. The molecule has 35 heavy (non-hydrogen) atoms. The van der Waals surface area contributed by atoms with Crippen molar-refractivity contribution in [3.05, 3.63) is 12.2 Å². The monoisotopic (exact) mass is 497 g/mol. The maximum Gasteiger partial charge on any atom is 0.359 e. The number of nitrogens with zero attached hydrogens (tertiary/aromatic N) is 1. The third kappa shape index (κ3) is 22.3. The molecule has 0 aliphatic carbocycles. The minimum absolute atomic E-state index is 0.224. The zero-order valence-electron chi connectivity index (χ0n) is 22.2. The Morgan fingerprint density at radius 1 is 0.600 bits per heavy atom. The number of rotatable bonds is 26. The molecular formula is C28H51NO6. The van der Waals surface area contributed by atoms with E-state index in [0.717, 1.165) is 19.3 Å². The first kappa shape index (κ1) is 33.1. The van der Waals surface area contributed by atoms with E-state index in [1.807, 2.05) is 0 Å². The van der Waals surface area contributed by atoms with Crippen LogP contribution in [0, 0.1) is 0 Å². The van der Waals surface area contributed by atoms with Crippen molar-refractivity contribution in [1.29, 1.82) is 0 Å². The number of carbonyl (C=O) groups is 3. The van der Waals surface area contributed by atoms with Crippen LogP contribution in [0.2, 0.25) is 0 Å². The molecule has 0 saturated carbocycles. The number of aliphatic carboxylic acids is 3. The van der Waals surface area contributed by atoms with Gasteiger partial charge in [0.2, 0.25) is 0 Å². The van der Waals surface area contributed by atoms with Crippen molar-refractivity contribution in [3.63, 3.8) is 0 Å². The molecule has 0 unspecified atom stereocenters. The lowest BCUT2D eigenvalue weighted by atomic mass is 10.0. The second-order valence-electron chi connectivity index (χ2n) is 10.1. The number of carbonyl (C=O) groups excluding carboxylic acids is 1. The van der Waals surface area contributed by atoms with Gasteiger partial charge in [0, 0.05) is 0 Å². The first-order chi connectivity index (χ1) is 16.8. The van der Waals surface area contributed by atoms with Gasteiger partial charge in [-0.3, -0.25) is 0 Å². The van der Waals surface area contributed by atoms with E-state index in [2.05, 4.69) is 19.1 Å². The minimum Gasteiger partial charge on any atom is -0.544 e. The highest BCUT2D eigenvalue weighted by atomic mass is 16.4. The van der Waals surface area contributed by atoms with E-state index >= 15 is 0 Å². The van der Waals surface area contributed by atoms with E-state index in [1.54, 1.807) is 0 Å². The van der Waals surface area contributed by atoms with Gasteiger partial charge in [0.1, 0.15) is 6.54 Å². The largest absolute Gasteiger partial charge is 0.544 e. The van der Waals surface area contributed by atoms with Crippen molar-refractivity contribution in [2.75, 3.05) is 26.2 Å². The molecule has 0 fully saturated rings. The predicted molar refractivity (Wildman–Crippen MR) is 138 cm³/mol. The first-order valence-corrected chi connectivity index (χ1v) is 13.9. The molecule has 0 aromatic heterocycles. The van der Waals surface area contributed by atoms with Crippen molar-refractivity contribution in [2.45, 2.75) is 122 Å². The first-order valence-electron chi connectivity index (χ1n) is 13.9. The Hall–Kier alpha value is -1.89. The summed E-state index contributed by atoms with van der Waals surface area (Å²) in [5.41, 5.74) is 0. The number of carboxylic acids is 3. The van der Waals surface area contributed by atoms with Gasteiger partial charge in [0.15, 0.2) is 13.1 Å². The van der Waals surface area contributed by atoms with E-state index < -0.39 is 42.0 Å². The molecule has 2 N–H and O–H groups in total. The van der Waals surface area contributed by atoms with Crippen LogP contribution >= 0.6 is 0 Å². The molecule has 0 bridgehead atoms. The summed E-state index contributed by atoms with van der Waals surface area (Å²) in [4.78, 5) is 33.4. The summed E-state index contributed by atoms with van der Waals surface area (Å²) in [6.45, 7) is 0.845. The number of quaternary nitrogens is 1. The van der Waals surface area contributed by atoms with Crippen LogP contribution < -0.4 is 5.11 Å².